The maximum absolute atomic E-state index is 13.7. The van der Waals surface area contributed by atoms with E-state index in [0.717, 1.165) is 6.42 Å². The molecule has 8 heteroatoms. The molecule has 3 rings (SSSR count). The van der Waals surface area contributed by atoms with Gasteiger partial charge in [-0.25, -0.2) is 9.07 Å². The van der Waals surface area contributed by atoms with E-state index in [1.165, 1.54) is 16.9 Å². The van der Waals surface area contributed by atoms with Gasteiger partial charge in [0.25, 0.3) is 5.91 Å². The van der Waals surface area contributed by atoms with Crippen LogP contribution < -0.4 is 5.73 Å². The average Bonchev–Trinajstić information content (AvgIpc) is 3.05. The van der Waals surface area contributed by atoms with Crippen molar-refractivity contribution in [3.63, 3.8) is 0 Å². The number of nitrogens with two attached hydrogens (primary N) is 1. The van der Waals surface area contributed by atoms with Crippen molar-refractivity contribution in [2.24, 2.45) is 11.7 Å². The Morgan fingerprint density at radius 2 is 2.12 bits per heavy atom. The van der Waals surface area contributed by atoms with E-state index in [9.17, 15) is 14.0 Å². The highest BCUT2D eigenvalue weighted by Gasteiger charge is 2.28. The number of carbonyl (C=O) groups excluding carboxylic acids is 2. The van der Waals surface area contributed by atoms with Crippen molar-refractivity contribution in [3.05, 3.63) is 47.5 Å². The van der Waals surface area contributed by atoms with Crippen LogP contribution in [0.1, 0.15) is 28.9 Å². The van der Waals surface area contributed by atoms with Crippen molar-refractivity contribution >= 4 is 11.8 Å². The number of likely N-dealkylation sites (tertiary alicyclic amines) is 1. The van der Waals surface area contributed by atoms with Gasteiger partial charge in [-0.3, -0.25) is 9.59 Å². The van der Waals surface area contributed by atoms with Crippen LogP contribution in [-0.4, -0.2) is 44.8 Å². The monoisotopic (exact) mass is 331 g/mol. The molecule has 1 aromatic heterocycles. The molecule has 126 valence electrons. The van der Waals surface area contributed by atoms with Crippen molar-refractivity contribution in [2.75, 3.05) is 13.1 Å². The van der Waals surface area contributed by atoms with E-state index in [4.69, 9.17) is 5.73 Å². The fourth-order valence-corrected chi connectivity index (χ4v) is 2.83. The fourth-order valence-electron chi connectivity index (χ4n) is 2.83. The predicted octanol–water partition coefficient (Wildman–Crippen LogP) is 0.803. The van der Waals surface area contributed by atoms with Crippen LogP contribution in [0.4, 0.5) is 4.39 Å². The summed E-state index contributed by atoms with van der Waals surface area (Å²) in [4.78, 5) is 25.4. The minimum absolute atomic E-state index is 0.177. The maximum atomic E-state index is 13.7. The third-order valence-corrected chi connectivity index (χ3v) is 4.16. The third kappa shape index (κ3) is 3.42. The molecule has 0 spiro atoms. The Balaban J connectivity index is 1.70. The Bertz CT molecular complexity index is 760. The number of halogens is 1. The van der Waals surface area contributed by atoms with Crippen LogP contribution in [0.25, 0.3) is 0 Å². The van der Waals surface area contributed by atoms with E-state index in [0.29, 0.717) is 25.1 Å². The second-order valence-electron chi connectivity index (χ2n) is 5.89. The first-order valence-electron chi connectivity index (χ1n) is 7.76. The first-order valence-corrected chi connectivity index (χ1v) is 7.76. The molecular formula is C16H18FN5O2. The zero-order valence-corrected chi connectivity index (χ0v) is 13.1. The molecule has 24 heavy (non-hydrogen) atoms. The molecule has 1 saturated heterocycles. The lowest BCUT2D eigenvalue weighted by atomic mass is 9.97. The number of amides is 2. The fraction of sp³-hybridized carbons (Fsp3) is 0.375. The Labute approximate surface area is 138 Å². The molecule has 0 unspecified atom stereocenters. The first-order chi connectivity index (χ1) is 11.5. The summed E-state index contributed by atoms with van der Waals surface area (Å²) < 4.78 is 15.1. The van der Waals surface area contributed by atoms with E-state index in [2.05, 4.69) is 10.3 Å². The summed E-state index contributed by atoms with van der Waals surface area (Å²) in [5, 5.41) is 7.75. The minimum atomic E-state index is -0.393. The Kier molecular flexibility index (Phi) is 4.54. The quantitative estimate of drug-likeness (QED) is 0.897. The molecule has 2 aromatic rings. The van der Waals surface area contributed by atoms with Crippen molar-refractivity contribution in [2.45, 2.75) is 19.4 Å². The summed E-state index contributed by atoms with van der Waals surface area (Å²) in [6.45, 7) is 1.05. The van der Waals surface area contributed by atoms with Crippen molar-refractivity contribution in [1.82, 2.24) is 19.9 Å². The molecule has 1 fully saturated rings. The predicted molar refractivity (Wildman–Crippen MR) is 83.3 cm³/mol. The summed E-state index contributed by atoms with van der Waals surface area (Å²) in [5.41, 5.74) is 5.97. The normalized spacial score (nSPS) is 17.7. The molecule has 0 bridgehead atoms. The highest BCUT2D eigenvalue weighted by Crippen LogP contribution is 2.18. The summed E-state index contributed by atoms with van der Waals surface area (Å²) in [7, 11) is 0. The number of hydrogen-bond donors (Lipinski definition) is 1. The average molecular weight is 331 g/mol. The van der Waals surface area contributed by atoms with E-state index < -0.39 is 5.91 Å². The van der Waals surface area contributed by atoms with Gasteiger partial charge in [0.1, 0.15) is 5.82 Å². The van der Waals surface area contributed by atoms with Gasteiger partial charge in [-0.1, -0.05) is 23.4 Å². The van der Waals surface area contributed by atoms with Gasteiger partial charge in [0.2, 0.25) is 5.91 Å². The zero-order chi connectivity index (χ0) is 17.1. The van der Waals surface area contributed by atoms with Gasteiger partial charge in [0, 0.05) is 18.7 Å². The van der Waals surface area contributed by atoms with Gasteiger partial charge in [-0.05, 0) is 18.9 Å². The zero-order valence-electron chi connectivity index (χ0n) is 13.1. The van der Waals surface area contributed by atoms with Crippen LogP contribution in [0.2, 0.25) is 0 Å². The number of rotatable bonds is 4. The van der Waals surface area contributed by atoms with Gasteiger partial charge >= 0.3 is 0 Å². The van der Waals surface area contributed by atoms with Crippen LogP contribution in [0.5, 0.6) is 0 Å². The highest BCUT2D eigenvalue weighted by atomic mass is 19.1. The lowest BCUT2D eigenvalue weighted by Crippen LogP contribution is -2.44. The first kappa shape index (κ1) is 16.1. The van der Waals surface area contributed by atoms with Gasteiger partial charge in [-0.15, -0.1) is 5.10 Å². The maximum Gasteiger partial charge on any atom is 0.276 e. The number of primary amides is 1. The highest BCUT2D eigenvalue weighted by molar-refractivity contribution is 5.92. The number of benzene rings is 1. The van der Waals surface area contributed by atoms with E-state index in [1.807, 2.05) is 0 Å². The van der Waals surface area contributed by atoms with Crippen LogP contribution in [0.15, 0.2) is 30.5 Å². The molecule has 0 saturated carbocycles. The van der Waals surface area contributed by atoms with E-state index >= 15 is 0 Å². The smallest absolute Gasteiger partial charge is 0.276 e. The Hall–Kier alpha value is -2.77. The molecule has 2 heterocycles. The van der Waals surface area contributed by atoms with Gasteiger partial charge in [0.15, 0.2) is 5.69 Å². The molecule has 2 amide bonds. The topological polar surface area (TPSA) is 94.1 Å². The molecule has 1 atom stereocenters. The SMILES string of the molecule is NC(=O)[C@@H]1CCCN(C(=O)c2cn(Cc3ccccc3F)nn2)C1. The lowest BCUT2D eigenvalue weighted by Gasteiger charge is -2.30. The summed E-state index contributed by atoms with van der Waals surface area (Å²) in [6, 6.07) is 6.37. The molecule has 7 nitrogen and oxygen atoms in total. The number of carbonyl (C=O) groups is 2. The van der Waals surface area contributed by atoms with E-state index in [-0.39, 0.29) is 29.9 Å². The van der Waals surface area contributed by atoms with Crippen molar-refractivity contribution < 1.29 is 14.0 Å². The molecule has 2 N–H and O–H groups in total. The molecule has 0 radical (unpaired) electrons. The number of hydrogen-bond acceptors (Lipinski definition) is 4. The third-order valence-electron chi connectivity index (χ3n) is 4.16. The van der Waals surface area contributed by atoms with E-state index in [1.54, 1.807) is 23.1 Å². The summed E-state index contributed by atoms with van der Waals surface area (Å²) >= 11 is 0. The van der Waals surface area contributed by atoms with Crippen LogP contribution in [0, 0.1) is 11.7 Å². The summed E-state index contributed by atoms with van der Waals surface area (Å²) in [6.07, 6.45) is 2.91. The minimum Gasteiger partial charge on any atom is -0.369 e. The number of piperidine rings is 1. The standard InChI is InChI=1S/C16H18FN5O2/c17-13-6-2-1-4-11(13)9-22-10-14(19-20-22)16(24)21-7-3-5-12(8-21)15(18)23/h1-2,4,6,10,12H,3,5,7-9H2,(H2,18,23)/t12-/m1/s1. The molecule has 1 aromatic carbocycles. The molecular weight excluding hydrogens is 313 g/mol. The van der Waals surface area contributed by atoms with Crippen LogP contribution >= 0.6 is 0 Å². The van der Waals surface area contributed by atoms with Crippen molar-refractivity contribution in [3.8, 4) is 0 Å². The Morgan fingerprint density at radius 3 is 2.88 bits per heavy atom. The molecule has 1 aliphatic heterocycles. The van der Waals surface area contributed by atoms with Gasteiger partial charge in [0.05, 0.1) is 18.7 Å². The molecule has 0 aliphatic carbocycles. The van der Waals surface area contributed by atoms with Crippen LogP contribution in [0.3, 0.4) is 0 Å². The summed E-state index contributed by atoms with van der Waals surface area (Å²) in [5.74, 6) is -1.34. The largest absolute Gasteiger partial charge is 0.369 e. The second kappa shape index (κ2) is 6.77. The lowest BCUT2D eigenvalue weighted by molar-refractivity contribution is -0.123. The second-order valence-corrected chi connectivity index (χ2v) is 5.89. The van der Waals surface area contributed by atoms with Crippen molar-refractivity contribution in [1.29, 1.82) is 0 Å². The Morgan fingerprint density at radius 1 is 1.33 bits per heavy atom. The number of aromatic nitrogens is 3. The molecule has 1 aliphatic rings. The van der Waals surface area contributed by atoms with Gasteiger partial charge in [-0.2, -0.15) is 0 Å². The van der Waals surface area contributed by atoms with Crippen LogP contribution in [-0.2, 0) is 11.3 Å². The van der Waals surface area contributed by atoms with Gasteiger partial charge < -0.3 is 10.6 Å². The number of nitrogens with zero attached hydrogens (tertiary/aromatic N) is 4.